The number of methoxy groups -OCH3 is 1. The molecule has 0 saturated heterocycles. The van der Waals surface area contributed by atoms with Crippen molar-refractivity contribution >= 4 is 0 Å². The highest BCUT2D eigenvalue weighted by atomic mass is 16.5. The van der Waals surface area contributed by atoms with E-state index in [1.165, 1.54) is 25.7 Å². The van der Waals surface area contributed by atoms with E-state index in [1.807, 2.05) is 0 Å². The van der Waals surface area contributed by atoms with Crippen LogP contribution in [-0.4, -0.2) is 48.5 Å². The quantitative estimate of drug-likeness (QED) is 0.717. The summed E-state index contributed by atoms with van der Waals surface area (Å²) in [6.07, 6.45) is 5.87. The molecule has 0 spiro atoms. The summed E-state index contributed by atoms with van der Waals surface area (Å²) in [6.45, 7) is 1.78. The Kier molecular flexibility index (Phi) is 3.42. The minimum absolute atomic E-state index is 0.0903. The lowest BCUT2D eigenvalue weighted by molar-refractivity contribution is 0.0470. The maximum atomic E-state index is 9.85. The predicted octanol–water partition coefficient (Wildman–Crippen LogP) is 1.01. The predicted molar refractivity (Wildman–Crippen MR) is 55.2 cm³/mol. The molecule has 0 aromatic carbocycles. The molecular weight excluding hydrogens is 178 g/mol. The summed E-state index contributed by atoms with van der Waals surface area (Å²) < 4.78 is 5.12. The Hall–Kier alpha value is -0.120. The van der Waals surface area contributed by atoms with E-state index in [0.29, 0.717) is 6.04 Å². The minimum Gasteiger partial charge on any atom is -0.391 e. The Morgan fingerprint density at radius 2 is 2.07 bits per heavy atom. The van der Waals surface area contributed by atoms with Gasteiger partial charge in [-0.15, -0.1) is 0 Å². The van der Waals surface area contributed by atoms with Crippen LogP contribution in [0.1, 0.15) is 32.1 Å². The van der Waals surface area contributed by atoms with E-state index in [-0.39, 0.29) is 6.10 Å². The summed E-state index contributed by atoms with van der Waals surface area (Å²) in [5, 5.41) is 9.85. The Morgan fingerprint density at radius 1 is 1.29 bits per heavy atom. The molecule has 0 aliphatic heterocycles. The molecule has 2 rings (SSSR count). The smallest absolute Gasteiger partial charge is 0.0695 e. The number of aliphatic hydroxyl groups is 1. The molecule has 0 aromatic heterocycles. The largest absolute Gasteiger partial charge is 0.391 e. The molecule has 2 saturated carbocycles. The van der Waals surface area contributed by atoms with Crippen molar-refractivity contribution in [1.82, 2.24) is 4.90 Å². The average Bonchev–Trinajstić information content (AvgIpc) is 2.92. The second-order valence-corrected chi connectivity index (χ2v) is 4.53. The van der Waals surface area contributed by atoms with Gasteiger partial charge in [-0.1, -0.05) is 0 Å². The molecule has 2 aliphatic carbocycles. The van der Waals surface area contributed by atoms with E-state index in [1.54, 1.807) is 7.11 Å². The van der Waals surface area contributed by atoms with Crippen LogP contribution >= 0.6 is 0 Å². The van der Waals surface area contributed by atoms with Gasteiger partial charge >= 0.3 is 0 Å². The van der Waals surface area contributed by atoms with E-state index < -0.39 is 0 Å². The van der Waals surface area contributed by atoms with E-state index in [2.05, 4.69) is 4.90 Å². The molecule has 0 bridgehead atoms. The lowest BCUT2D eigenvalue weighted by Gasteiger charge is -2.30. The Balaban J connectivity index is 1.88. The molecule has 0 heterocycles. The van der Waals surface area contributed by atoms with Gasteiger partial charge in [0.05, 0.1) is 12.7 Å². The molecule has 2 atom stereocenters. The molecular formula is C11H21NO2. The standard InChI is InChI=1S/C11H21NO2/c1-14-8-7-12(9-5-6-9)10-3-2-4-11(10)13/h9-11,13H,2-8H2,1H3. The van der Waals surface area contributed by atoms with Crippen molar-refractivity contribution in [2.75, 3.05) is 20.3 Å². The first-order valence-electron chi connectivity index (χ1n) is 5.75. The summed E-state index contributed by atoms with van der Waals surface area (Å²) in [7, 11) is 1.75. The van der Waals surface area contributed by atoms with Crippen molar-refractivity contribution < 1.29 is 9.84 Å². The van der Waals surface area contributed by atoms with Crippen LogP contribution < -0.4 is 0 Å². The monoisotopic (exact) mass is 199 g/mol. The van der Waals surface area contributed by atoms with Gasteiger partial charge < -0.3 is 9.84 Å². The Labute approximate surface area is 86.0 Å². The van der Waals surface area contributed by atoms with Crippen LogP contribution in [0.25, 0.3) is 0 Å². The van der Waals surface area contributed by atoms with Crippen molar-refractivity contribution in [3.63, 3.8) is 0 Å². The van der Waals surface area contributed by atoms with Crippen LogP contribution in [0.2, 0.25) is 0 Å². The second-order valence-electron chi connectivity index (χ2n) is 4.53. The number of nitrogens with zero attached hydrogens (tertiary/aromatic N) is 1. The molecule has 3 heteroatoms. The fourth-order valence-corrected chi connectivity index (χ4v) is 2.53. The minimum atomic E-state index is -0.0903. The van der Waals surface area contributed by atoms with Crippen molar-refractivity contribution in [1.29, 1.82) is 0 Å². The maximum absolute atomic E-state index is 9.85. The van der Waals surface area contributed by atoms with E-state index in [9.17, 15) is 5.11 Å². The number of rotatable bonds is 5. The van der Waals surface area contributed by atoms with Crippen molar-refractivity contribution in [2.24, 2.45) is 0 Å². The molecule has 2 fully saturated rings. The third kappa shape index (κ3) is 2.27. The second kappa shape index (κ2) is 4.60. The number of aliphatic hydroxyl groups excluding tert-OH is 1. The Morgan fingerprint density at radius 3 is 2.57 bits per heavy atom. The summed E-state index contributed by atoms with van der Waals surface area (Å²) in [5.41, 5.74) is 0. The SMILES string of the molecule is COCCN(C1CC1)C1CCCC1O. The van der Waals surface area contributed by atoms with Gasteiger partial charge in [-0.25, -0.2) is 0 Å². The van der Waals surface area contributed by atoms with Crippen molar-refractivity contribution in [2.45, 2.75) is 50.3 Å². The summed E-state index contributed by atoms with van der Waals surface area (Å²) in [6, 6.07) is 1.15. The van der Waals surface area contributed by atoms with Gasteiger partial charge in [-0.05, 0) is 32.1 Å². The molecule has 1 N–H and O–H groups in total. The summed E-state index contributed by atoms with van der Waals surface area (Å²) in [4.78, 5) is 2.47. The van der Waals surface area contributed by atoms with Gasteiger partial charge in [0, 0.05) is 25.7 Å². The van der Waals surface area contributed by atoms with Crippen LogP contribution in [0.5, 0.6) is 0 Å². The van der Waals surface area contributed by atoms with Crippen LogP contribution in [0.4, 0.5) is 0 Å². The van der Waals surface area contributed by atoms with Crippen LogP contribution in [0, 0.1) is 0 Å². The normalized spacial score (nSPS) is 32.8. The van der Waals surface area contributed by atoms with E-state index >= 15 is 0 Å². The molecule has 0 amide bonds. The number of hydrogen-bond donors (Lipinski definition) is 1. The van der Waals surface area contributed by atoms with Crippen LogP contribution in [0.3, 0.4) is 0 Å². The first-order chi connectivity index (χ1) is 6.83. The van der Waals surface area contributed by atoms with Gasteiger partial charge in [-0.3, -0.25) is 4.90 Å². The molecule has 0 aromatic rings. The topological polar surface area (TPSA) is 32.7 Å². The van der Waals surface area contributed by atoms with E-state index in [4.69, 9.17) is 4.74 Å². The van der Waals surface area contributed by atoms with Gasteiger partial charge in [-0.2, -0.15) is 0 Å². The van der Waals surface area contributed by atoms with Gasteiger partial charge in [0.15, 0.2) is 0 Å². The zero-order valence-corrected chi connectivity index (χ0v) is 8.98. The zero-order valence-electron chi connectivity index (χ0n) is 8.98. The summed E-state index contributed by atoms with van der Waals surface area (Å²) >= 11 is 0. The average molecular weight is 199 g/mol. The highest BCUT2D eigenvalue weighted by molar-refractivity contribution is 4.93. The number of hydrogen-bond acceptors (Lipinski definition) is 3. The highest BCUT2D eigenvalue weighted by Gasteiger charge is 2.38. The lowest BCUT2D eigenvalue weighted by atomic mass is 10.1. The van der Waals surface area contributed by atoms with Gasteiger partial charge in [0.25, 0.3) is 0 Å². The molecule has 2 aliphatic rings. The first kappa shape index (κ1) is 10.4. The molecule has 3 nitrogen and oxygen atoms in total. The molecule has 14 heavy (non-hydrogen) atoms. The fraction of sp³-hybridized carbons (Fsp3) is 1.00. The number of ether oxygens (including phenoxy) is 1. The van der Waals surface area contributed by atoms with Crippen LogP contribution in [-0.2, 0) is 4.74 Å². The first-order valence-corrected chi connectivity index (χ1v) is 5.75. The highest BCUT2D eigenvalue weighted by Crippen LogP contribution is 2.34. The third-order valence-electron chi connectivity index (χ3n) is 3.44. The van der Waals surface area contributed by atoms with Gasteiger partial charge in [0.1, 0.15) is 0 Å². The van der Waals surface area contributed by atoms with Crippen LogP contribution in [0.15, 0.2) is 0 Å². The third-order valence-corrected chi connectivity index (χ3v) is 3.44. The zero-order chi connectivity index (χ0) is 9.97. The molecule has 2 unspecified atom stereocenters. The molecule has 0 radical (unpaired) electrons. The van der Waals surface area contributed by atoms with E-state index in [0.717, 1.165) is 25.6 Å². The fourth-order valence-electron chi connectivity index (χ4n) is 2.53. The molecule has 82 valence electrons. The Bertz CT molecular complexity index is 182. The van der Waals surface area contributed by atoms with Crippen molar-refractivity contribution in [3.05, 3.63) is 0 Å². The summed E-state index contributed by atoms with van der Waals surface area (Å²) in [5.74, 6) is 0. The maximum Gasteiger partial charge on any atom is 0.0695 e. The van der Waals surface area contributed by atoms with Crippen molar-refractivity contribution in [3.8, 4) is 0 Å². The lowest BCUT2D eigenvalue weighted by Crippen LogP contribution is -2.43. The van der Waals surface area contributed by atoms with Gasteiger partial charge in [0.2, 0.25) is 0 Å².